The summed E-state index contributed by atoms with van der Waals surface area (Å²) >= 11 is 1.41. The predicted molar refractivity (Wildman–Crippen MR) is 87.1 cm³/mol. The number of nitrogens with zero attached hydrogens (tertiary/aromatic N) is 2. The van der Waals surface area contributed by atoms with Crippen LogP contribution in [0.15, 0.2) is 47.9 Å². The van der Waals surface area contributed by atoms with Gasteiger partial charge in [-0.2, -0.15) is 4.99 Å². The predicted octanol–water partition coefficient (Wildman–Crippen LogP) is 2.21. The minimum atomic E-state index is -0.457. The number of amides is 1. The van der Waals surface area contributed by atoms with Crippen molar-refractivity contribution in [3.8, 4) is 5.75 Å². The van der Waals surface area contributed by atoms with Crippen LogP contribution in [0, 0.1) is 0 Å². The van der Waals surface area contributed by atoms with E-state index in [0.717, 1.165) is 16.0 Å². The summed E-state index contributed by atoms with van der Waals surface area (Å²) < 4.78 is 18.5. The number of hydrogen-bond donors (Lipinski definition) is 0. The van der Waals surface area contributed by atoms with Gasteiger partial charge in [0.25, 0.3) is 0 Å². The molecule has 0 radical (unpaired) electrons. The van der Waals surface area contributed by atoms with Gasteiger partial charge in [0.05, 0.1) is 17.3 Å². The van der Waals surface area contributed by atoms with Gasteiger partial charge in [0.15, 0.2) is 4.80 Å². The molecule has 1 amide bonds. The maximum absolute atomic E-state index is 12.2. The lowest BCUT2D eigenvalue weighted by molar-refractivity contribution is -0.119. The summed E-state index contributed by atoms with van der Waals surface area (Å²) in [7, 11) is 1.62. The van der Waals surface area contributed by atoms with E-state index < -0.39 is 5.91 Å². The number of fused-ring (bicyclic) bond motifs is 1. The monoisotopic (exact) mass is 332 g/mol. The second-order valence-corrected chi connectivity index (χ2v) is 5.74. The van der Waals surface area contributed by atoms with Gasteiger partial charge in [-0.25, -0.2) is 0 Å². The molecule has 23 heavy (non-hydrogen) atoms. The van der Waals surface area contributed by atoms with E-state index in [1.165, 1.54) is 17.6 Å². The number of aromatic nitrogens is 1. The van der Waals surface area contributed by atoms with E-state index in [1.54, 1.807) is 13.2 Å². The van der Waals surface area contributed by atoms with Crippen LogP contribution in [0.5, 0.6) is 5.75 Å². The Kier molecular flexibility index (Phi) is 4.47. The van der Waals surface area contributed by atoms with Crippen LogP contribution in [0.2, 0.25) is 0 Å². The van der Waals surface area contributed by atoms with E-state index in [0.29, 0.717) is 24.6 Å². The van der Waals surface area contributed by atoms with Crippen LogP contribution >= 0.6 is 11.3 Å². The van der Waals surface area contributed by atoms with E-state index in [9.17, 15) is 4.79 Å². The van der Waals surface area contributed by atoms with Crippen molar-refractivity contribution in [2.24, 2.45) is 4.99 Å². The maximum atomic E-state index is 12.2. The Balaban J connectivity index is 2.09. The molecule has 1 aromatic carbocycles. The van der Waals surface area contributed by atoms with Crippen molar-refractivity contribution >= 4 is 27.5 Å². The van der Waals surface area contributed by atoms with Gasteiger partial charge in [-0.3, -0.25) is 4.79 Å². The zero-order valence-electron chi connectivity index (χ0n) is 12.7. The Hall–Kier alpha value is -2.54. The third-order valence-electron chi connectivity index (χ3n) is 3.26. The molecule has 0 saturated heterocycles. The van der Waals surface area contributed by atoms with Crippen LogP contribution < -0.4 is 9.54 Å². The Morgan fingerprint density at radius 2 is 2.39 bits per heavy atom. The Morgan fingerprint density at radius 3 is 3.09 bits per heavy atom. The lowest BCUT2D eigenvalue weighted by Crippen LogP contribution is -2.19. The summed E-state index contributed by atoms with van der Waals surface area (Å²) in [6.07, 6.45) is 3.07. The molecule has 3 rings (SSSR count). The summed E-state index contributed by atoms with van der Waals surface area (Å²) in [6.45, 7) is 5.10. The molecular weight excluding hydrogens is 316 g/mol. The molecule has 2 aromatic rings. The summed E-state index contributed by atoms with van der Waals surface area (Å²) in [5.74, 6) is 0.423. The lowest BCUT2D eigenvalue weighted by atomic mass is 10.3. The minimum absolute atomic E-state index is 0.122. The molecule has 120 valence electrons. The number of methoxy groups -OCH3 is 1. The van der Waals surface area contributed by atoms with Crippen LogP contribution in [-0.4, -0.2) is 30.8 Å². The summed E-state index contributed by atoms with van der Waals surface area (Å²) in [5, 5.41) is 0. The van der Waals surface area contributed by atoms with Crippen LogP contribution in [0.25, 0.3) is 10.2 Å². The molecule has 0 bridgehead atoms. The largest absolute Gasteiger partial charge is 0.497 e. The van der Waals surface area contributed by atoms with Gasteiger partial charge in [-0.05, 0) is 18.2 Å². The minimum Gasteiger partial charge on any atom is -0.497 e. The van der Waals surface area contributed by atoms with Crippen LogP contribution in [0.4, 0.5) is 0 Å². The second kappa shape index (κ2) is 6.70. The quantitative estimate of drug-likeness (QED) is 0.806. The van der Waals surface area contributed by atoms with Crippen molar-refractivity contribution in [2.45, 2.75) is 6.54 Å². The molecular formula is C16H16N2O4S. The normalized spacial score (nSPS) is 14.8. The molecule has 0 unspecified atom stereocenters. The molecule has 0 spiro atoms. The van der Waals surface area contributed by atoms with E-state index in [-0.39, 0.29) is 5.76 Å². The first kappa shape index (κ1) is 15.4. The summed E-state index contributed by atoms with van der Waals surface area (Å²) in [6, 6.07) is 5.74. The SMILES string of the molecule is C=CCn1c(=NC(=O)C2=COCCO2)sc2cc(OC)ccc21. The van der Waals surface area contributed by atoms with E-state index in [2.05, 4.69) is 11.6 Å². The van der Waals surface area contributed by atoms with Gasteiger partial charge in [0.1, 0.15) is 25.2 Å². The Morgan fingerprint density at radius 1 is 1.52 bits per heavy atom. The van der Waals surface area contributed by atoms with Crippen molar-refractivity contribution in [1.82, 2.24) is 4.57 Å². The summed E-state index contributed by atoms with van der Waals surface area (Å²) in [4.78, 5) is 17.0. The number of allylic oxidation sites excluding steroid dienone is 1. The molecule has 7 heteroatoms. The van der Waals surface area contributed by atoms with Crippen molar-refractivity contribution in [2.75, 3.05) is 20.3 Å². The smallest absolute Gasteiger partial charge is 0.317 e. The van der Waals surface area contributed by atoms with Gasteiger partial charge in [0.2, 0.25) is 5.76 Å². The third-order valence-corrected chi connectivity index (χ3v) is 4.30. The second-order valence-electron chi connectivity index (χ2n) is 4.74. The molecule has 0 fully saturated rings. The third kappa shape index (κ3) is 3.14. The number of hydrogen-bond acceptors (Lipinski definition) is 5. The standard InChI is InChI=1S/C16H16N2O4S/c1-3-6-18-12-5-4-11(20-2)9-14(12)23-16(18)17-15(19)13-10-21-7-8-22-13/h3-5,9-10H,1,6-8H2,2H3. The lowest BCUT2D eigenvalue weighted by Gasteiger charge is -2.12. The number of carbonyl (C=O) groups excluding carboxylic acids is 1. The van der Waals surface area contributed by atoms with Gasteiger partial charge in [0, 0.05) is 6.54 Å². The van der Waals surface area contributed by atoms with Crippen LogP contribution in [0.1, 0.15) is 0 Å². The zero-order valence-corrected chi connectivity index (χ0v) is 13.5. The van der Waals surface area contributed by atoms with E-state index in [1.807, 2.05) is 22.8 Å². The fourth-order valence-electron chi connectivity index (χ4n) is 2.19. The molecule has 0 N–H and O–H groups in total. The molecule has 6 nitrogen and oxygen atoms in total. The van der Waals surface area contributed by atoms with Crippen LogP contribution in [-0.2, 0) is 20.8 Å². The average molecular weight is 332 g/mol. The van der Waals surface area contributed by atoms with Gasteiger partial charge in [-0.15, -0.1) is 6.58 Å². The van der Waals surface area contributed by atoms with E-state index in [4.69, 9.17) is 14.2 Å². The Labute approximate surface area is 136 Å². The molecule has 0 saturated carbocycles. The fraction of sp³-hybridized carbons (Fsp3) is 0.250. The van der Waals surface area contributed by atoms with Gasteiger partial charge < -0.3 is 18.8 Å². The number of rotatable bonds is 4. The molecule has 0 atom stereocenters. The van der Waals surface area contributed by atoms with Crippen LogP contribution in [0.3, 0.4) is 0 Å². The maximum Gasteiger partial charge on any atom is 0.317 e. The first-order valence-corrected chi connectivity index (χ1v) is 7.86. The molecule has 1 aliphatic heterocycles. The highest BCUT2D eigenvalue weighted by Crippen LogP contribution is 2.23. The molecule has 2 heterocycles. The molecule has 0 aliphatic carbocycles. The molecule has 1 aromatic heterocycles. The zero-order chi connectivity index (χ0) is 16.2. The number of benzene rings is 1. The highest BCUT2D eigenvalue weighted by Gasteiger charge is 2.15. The van der Waals surface area contributed by atoms with Gasteiger partial charge >= 0.3 is 5.91 Å². The van der Waals surface area contributed by atoms with E-state index >= 15 is 0 Å². The number of ether oxygens (including phenoxy) is 3. The molecule has 1 aliphatic rings. The van der Waals surface area contributed by atoms with Crippen molar-refractivity contribution in [3.63, 3.8) is 0 Å². The number of carbonyl (C=O) groups is 1. The first-order valence-electron chi connectivity index (χ1n) is 7.05. The topological polar surface area (TPSA) is 62.1 Å². The van der Waals surface area contributed by atoms with Crippen molar-refractivity contribution in [3.05, 3.63) is 47.7 Å². The number of thiazole rings is 1. The highest BCUT2D eigenvalue weighted by molar-refractivity contribution is 7.16. The first-order chi connectivity index (χ1) is 11.2. The van der Waals surface area contributed by atoms with Crippen molar-refractivity contribution in [1.29, 1.82) is 0 Å². The average Bonchev–Trinajstić information content (AvgIpc) is 2.92. The van der Waals surface area contributed by atoms with Gasteiger partial charge in [-0.1, -0.05) is 17.4 Å². The van der Waals surface area contributed by atoms with Crippen molar-refractivity contribution < 1.29 is 19.0 Å². The fourth-order valence-corrected chi connectivity index (χ4v) is 3.26. The Bertz CT molecular complexity index is 847. The highest BCUT2D eigenvalue weighted by atomic mass is 32.1. The summed E-state index contributed by atoms with van der Waals surface area (Å²) in [5.41, 5.74) is 0.969.